The van der Waals surface area contributed by atoms with Crippen LogP contribution in [0.3, 0.4) is 0 Å². The van der Waals surface area contributed by atoms with Crippen LogP contribution in [0.4, 0.5) is 0 Å². The number of rotatable bonds is 12. The van der Waals surface area contributed by atoms with Crippen LogP contribution in [-0.4, -0.2) is 69.8 Å². The van der Waals surface area contributed by atoms with E-state index in [9.17, 15) is 19.2 Å². The highest BCUT2D eigenvalue weighted by Gasteiger charge is 2.42. The summed E-state index contributed by atoms with van der Waals surface area (Å²) in [7, 11) is 0. The Kier molecular flexibility index (Phi) is 11.3. The van der Waals surface area contributed by atoms with E-state index in [1.165, 1.54) is 55.4 Å². The van der Waals surface area contributed by atoms with Crippen molar-refractivity contribution in [2.45, 2.75) is 74.9 Å². The van der Waals surface area contributed by atoms with Gasteiger partial charge in [-0.05, 0) is 55.4 Å². The highest BCUT2D eigenvalue weighted by atomic mass is 35.5. The number of carbonyl (C=O) groups excluding carboxylic acids is 4. The van der Waals surface area contributed by atoms with Crippen LogP contribution in [0.15, 0.2) is 0 Å². The van der Waals surface area contributed by atoms with Crippen LogP contribution in [0.5, 0.6) is 0 Å². The molecule has 0 aromatic carbocycles. The van der Waals surface area contributed by atoms with Gasteiger partial charge in [-0.25, -0.2) is 0 Å². The van der Waals surface area contributed by atoms with E-state index < -0.39 is 75.2 Å². The number of esters is 4. The topological polar surface area (TPSA) is 105 Å². The molecular formula is C21H32Cl4O8. The molecule has 0 aliphatic carbocycles. The zero-order valence-corrected chi connectivity index (χ0v) is 23.1. The summed E-state index contributed by atoms with van der Waals surface area (Å²) in [6.07, 6.45) is 0. The molecule has 0 radical (unpaired) electrons. The van der Waals surface area contributed by atoms with Crippen LogP contribution in [0.2, 0.25) is 0 Å². The monoisotopic (exact) mass is 552 g/mol. The molecule has 0 fully saturated rings. The maximum Gasteiger partial charge on any atom is 0.326 e. The Balaban J connectivity index is 6.00. The zero-order valence-electron chi connectivity index (χ0n) is 20.1. The summed E-state index contributed by atoms with van der Waals surface area (Å²) in [4.78, 5) is 43.6. The number of carbonyl (C=O) groups is 4. The predicted octanol–water partition coefficient (Wildman–Crippen LogP) is 4.22. The molecule has 0 aliphatic heterocycles. The van der Waals surface area contributed by atoms with Crippen LogP contribution >= 0.6 is 46.4 Å². The maximum atomic E-state index is 12.3. The summed E-state index contributed by atoms with van der Waals surface area (Å²) < 4.78 is 21.1. The predicted molar refractivity (Wildman–Crippen MR) is 126 cm³/mol. The van der Waals surface area contributed by atoms with E-state index in [1.54, 1.807) is 0 Å². The third-order valence-corrected chi connectivity index (χ3v) is 4.60. The SMILES string of the molecule is CC(C)(Cl)C(=O)OCC(COC(=O)C(C)(C)Cl)(COC(=O)C(C)(C)Cl)COC(=O)C(C)(C)Cl. The molecule has 0 aromatic rings. The van der Waals surface area contributed by atoms with E-state index in [1.807, 2.05) is 0 Å². The van der Waals surface area contributed by atoms with Crippen molar-refractivity contribution in [3.05, 3.63) is 0 Å². The molecule has 8 nitrogen and oxygen atoms in total. The van der Waals surface area contributed by atoms with E-state index in [2.05, 4.69) is 0 Å². The third-order valence-electron chi connectivity index (χ3n) is 3.98. The molecule has 0 saturated heterocycles. The smallest absolute Gasteiger partial charge is 0.326 e. The number of hydrogen-bond acceptors (Lipinski definition) is 8. The first-order valence-electron chi connectivity index (χ1n) is 9.96. The number of halogens is 4. The van der Waals surface area contributed by atoms with Gasteiger partial charge in [-0.1, -0.05) is 0 Å². The Labute approximate surface area is 214 Å². The van der Waals surface area contributed by atoms with Crippen molar-refractivity contribution in [1.82, 2.24) is 0 Å². The van der Waals surface area contributed by atoms with E-state index in [0.717, 1.165) is 0 Å². The van der Waals surface area contributed by atoms with Gasteiger partial charge in [0.1, 0.15) is 51.3 Å². The van der Waals surface area contributed by atoms with Gasteiger partial charge in [-0.3, -0.25) is 19.2 Å². The lowest BCUT2D eigenvalue weighted by atomic mass is 9.91. The lowest BCUT2D eigenvalue weighted by Gasteiger charge is -2.34. The molecule has 0 rings (SSSR count). The Morgan fingerprint density at radius 1 is 0.455 bits per heavy atom. The minimum absolute atomic E-state index is 0.482. The molecule has 0 amide bonds. The molecule has 0 heterocycles. The maximum absolute atomic E-state index is 12.3. The van der Waals surface area contributed by atoms with Gasteiger partial charge < -0.3 is 18.9 Å². The lowest BCUT2D eigenvalue weighted by molar-refractivity contribution is -0.173. The van der Waals surface area contributed by atoms with Gasteiger partial charge in [0.15, 0.2) is 0 Å². The number of hydrogen-bond donors (Lipinski definition) is 0. The lowest BCUT2D eigenvalue weighted by Crippen LogP contribution is -2.47. The Bertz CT molecular complexity index is 599. The standard InChI is InChI=1S/C21H32Cl4O8/c1-17(2,22)13(26)30-9-21(10-31-14(27)18(3,4)23,11-32-15(28)19(5,6)24)12-33-16(29)20(7,8)25/h9-12H2,1-8H3. The summed E-state index contributed by atoms with van der Waals surface area (Å²) in [5, 5.41) is 0. The fourth-order valence-corrected chi connectivity index (χ4v) is 2.03. The molecule has 0 aromatic heterocycles. The van der Waals surface area contributed by atoms with Crippen LogP contribution < -0.4 is 0 Å². The Morgan fingerprint density at radius 3 is 0.727 bits per heavy atom. The van der Waals surface area contributed by atoms with E-state index in [0.29, 0.717) is 0 Å². The second-order valence-electron chi connectivity index (χ2n) is 9.69. The van der Waals surface area contributed by atoms with E-state index >= 15 is 0 Å². The van der Waals surface area contributed by atoms with Crippen LogP contribution in [0, 0.1) is 5.41 Å². The summed E-state index contributed by atoms with van der Waals surface area (Å²) >= 11 is 24.0. The normalized spacial score (nSPS) is 13.2. The van der Waals surface area contributed by atoms with Crippen LogP contribution in [-0.2, 0) is 38.1 Å². The van der Waals surface area contributed by atoms with Crippen molar-refractivity contribution in [2.75, 3.05) is 26.4 Å². The van der Waals surface area contributed by atoms with Crippen molar-refractivity contribution in [1.29, 1.82) is 0 Å². The minimum Gasteiger partial charge on any atom is -0.463 e. The Hall–Kier alpha value is -0.960. The van der Waals surface area contributed by atoms with Crippen molar-refractivity contribution in [3.63, 3.8) is 0 Å². The zero-order chi connectivity index (χ0) is 26.5. The third kappa shape index (κ3) is 11.8. The summed E-state index contributed by atoms with van der Waals surface area (Å²) in [5.74, 6) is -3.20. The van der Waals surface area contributed by atoms with Crippen LogP contribution in [0.1, 0.15) is 55.4 Å². The van der Waals surface area contributed by atoms with Crippen molar-refractivity contribution in [2.24, 2.45) is 5.41 Å². The molecule has 0 spiro atoms. The molecule has 33 heavy (non-hydrogen) atoms. The average Bonchev–Trinajstić information content (AvgIpc) is 2.62. The molecule has 0 saturated carbocycles. The van der Waals surface area contributed by atoms with Crippen molar-refractivity contribution in [3.8, 4) is 0 Å². The second-order valence-corrected chi connectivity index (χ2v) is 13.5. The van der Waals surface area contributed by atoms with Gasteiger partial charge in [0.05, 0.1) is 0 Å². The summed E-state index contributed by atoms with van der Waals surface area (Å²) in [6, 6.07) is 0. The molecular weight excluding hydrogens is 522 g/mol. The number of alkyl halides is 4. The Morgan fingerprint density at radius 2 is 0.606 bits per heavy atom. The van der Waals surface area contributed by atoms with Crippen molar-refractivity contribution >= 4 is 70.3 Å². The highest BCUT2D eigenvalue weighted by molar-refractivity contribution is 6.34. The van der Waals surface area contributed by atoms with E-state index in [-0.39, 0.29) is 0 Å². The van der Waals surface area contributed by atoms with Gasteiger partial charge in [-0.15, -0.1) is 46.4 Å². The molecule has 0 atom stereocenters. The van der Waals surface area contributed by atoms with E-state index in [4.69, 9.17) is 65.4 Å². The molecule has 0 bridgehead atoms. The average molecular weight is 554 g/mol. The van der Waals surface area contributed by atoms with Gasteiger partial charge >= 0.3 is 23.9 Å². The molecule has 12 heteroatoms. The number of ether oxygens (including phenoxy) is 4. The molecule has 192 valence electrons. The first-order chi connectivity index (χ1) is 14.5. The summed E-state index contributed by atoms with van der Waals surface area (Å²) in [5.41, 5.74) is -1.51. The van der Waals surface area contributed by atoms with Gasteiger partial charge in [0, 0.05) is 0 Å². The van der Waals surface area contributed by atoms with Crippen LogP contribution in [0.25, 0.3) is 0 Å². The van der Waals surface area contributed by atoms with Gasteiger partial charge in [0.2, 0.25) is 0 Å². The molecule has 0 aliphatic rings. The van der Waals surface area contributed by atoms with Gasteiger partial charge in [-0.2, -0.15) is 0 Å². The highest BCUT2D eigenvalue weighted by Crippen LogP contribution is 2.27. The van der Waals surface area contributed by atoms with Gasteiger partial charge in [0.25, 0.3) is 0 Å². The van der Waals surface area contributed by atoms with Crippen molar-refractivity contribution < 1.29 is 38.1 Å². The first kappa shape index (κ1) is 32.0. The largest absolute Gasteiger partial charge is 0.463 e. The fourth-order valence-electron chi connectivity index (χ4n) is 1.81. The first-order valence-corrected chi connectivity index (χ1v) is 11.5. The quantitative estimate of drug-likeness (QED) is 0.201. The fraction of sp³-hybridized carbons (Fsp3) is 0.810. The molecule has 0 unspecified atom stereocenters. The molecule has 0 N–H and O–H groups in total. The summed E-state index contributed by atoms with van der Waals surface area (Å²) in [6.45, 7) is 9.41. The minimum atomic E-state index is -1.51. The second kappa shape index (κ2) is 11.6.